The largest absolute Gasteiger partial charge is 0.385 e. The maximum absolute atomic E-state index is 11.4. The van der Waals surface area contributed by atoms with Crippen LogP contribution in [0.1, 0.15) is 13.8 Å². The van der Waals surface area contributed by atoms with Gasteiger partial charge in [0.2, 0.25) is 10.0 Å². The zero-order valence-electron chi connectivity index (χ0n) is 9.82. The minimum atomic E-state index is -3.32. The second-order valence-electron chi connectivity index (χ2n) is 4.01. The van der Waals surface area contributed by atoms with E-state index in [4.69, 9.17) is 0 Å². The average molecular weight is 242 g/mol. The van der Waals surface area contributed by atoms with E-state index >= 15 is 0 Å². The molecule has 0 radical (unpaired) electrons. The molecule has 0 aromatic heterocycles. The SMILES string of the molecule is CNS(=O)(=O)c1ccc(NCC(C)C)cc1. The van der Waals surface area contributed by atoms with Crippen LogP contribution in [0.5, 0.6) is 0 Å². The third kappa shape index (κ3) is 3.50. The van der Waals surface area contributed by atoms with Gasteiger partial charge in [-0.2, -0.15) is 0 Å². The highest BCUT2D eigenvalue weighted by molar-refractivity contribution is 7.89. The summed E-state index contributed by atoms with van der Waals surface area (Å²) in [6, 6.07) is 6.72. The van der Waals surface area contributed by atoms with Crippen molar-refractivity contribution in [2.24, 2.45) is 5.92 Å². The summed E-state index contributed by atoms with van der Waals surface area (Å²) in [6.45, 7) is 5.11. The molecule has 0 amide bonds. The smallest absolute Gasteiger partial charge is 0.240 e. The lowest BCUT2D eigenvalue weighted by atomic mass is 10.2. The maximum Gasteiger partial charge on any atom is 0.240 e. The quantitative estimate of drug-likeness (QED) is 0.825. The number of benzene rings is 1. The second kappa shape index (κ2) is 5.32. The normalized spacial score (nSPS) is 11.8. The molecule has 0 fully saturated rings. The van der Waals surface area contributed by atoms with E-state index in [1.54, 1.807) is 24.3 Å². The van der Waals surface area contributed by atoms with Gasteiger partial charge in [0.05, 0.1) is 4.90 Å². The number of nitrogens with one attached hydrogen (secondary N) is 2. The van der Waals surface area contributed by atoms with Gasteiger partial charge in [-0.3, -0.25) is 0 Å². The third-order valence-corrected chi connectivity index (χ3v) is 3.58. The minimum absolute atomic E-state index is 0.282. The highest BCUT2D eigenvalue weighted by Crippen LogP contribution is 2.13. The molecule has 4 nitrogen and oxygen atoms in total. The first-order valence-corrected chi connectivity index (χ1v) is 6.71. The summed E-state index contributed by atoms with van der Waals surface area (Å²) in [5.74, 6) is 0.556. The number of hydrogen-bond donors (Lipinski definition) is 2. The van der Waals surface area contributed by atoms with Crippen LogP contribution in [0.25, 0.3) is 0 Å². The fraction of sp³-hybridized carbons (Fsp3) is 0.455. The van der Waals surface area contributed by atoms with E-state index in [-0.39, 0.29) is 4.90 Å². The predicted octanol–water partition coefficient (Wildman–Crippen LogP) is 1.66. The summed E-state index contributed by atoms with van der Waals surface area (Å²) < 4.78 is 25.2. The van der Waals surface area contributed by atoms with Crippen LogP contribution in [0.4, 0.5) is 5.69 Å². The number of hydrogen-bond acceptors (Lipinski definition) is 3. The van der Waals surface area contributed by atoms with E-state index in [2.05, 4.69) is 23.9 Å². The van der Waals surface area contributed by atoms with Gasteiger partial charge in [-0.05, 0) is 37.2 Å². The Morgan fingerprint density at radius 2 is 1.75 bits per heavy atom. The van der Waals surface area contributed by atoms with E-state index in [1.165, 1.54) is 7.05 Å². The van der Waals surface area contributed by atoms with Gasteiger partial charge in [-0.1, -0.05) is 13.8 Å². The Kier molecular flexibility index (Phi) is 4.32. The molecular weight excluding hydrogens is 224 g/mol. The summed E-state index contributed by atoms with van der Waals surface area (Å²) in [5, 5.41) is 3.23. The molecule has 1 rings (SSSR count). The molecule has 1 aromatic carbocycles. The zero-order valence-corrected chi connectivity index (χ0v) is 10.6. The van der Waals surface area contributed by atoms with Crippen molar-refractivity contribution in [2.45, 2.75) is 18.7 Å². The van der Waals surface area contributed by atoms with Gasteiger partial charge in [0, 0.05) is 12.2 Å². The first kappa shape index (κ1) is 13.0. The monoisotopic (exact) mass is 242 g/mol. The molecule has 5 heteroatoms. The van der Waals surface area contributed by atoms with Crippen LogP contribution in [0.3, 0.4) is 0 Å². The van der Waals surface area contributed by atoms with Crippen molar-refractivity contribution in [1.82, 2.24) is 4.72 Å². The summed E-state index contributed by atoms with van der Waals surface area (Å²) in [6.07, 6.45) is 0. The van der Waals surface area contributed by atoms with Crippen molar-refractivity contribution < 1.29 is 8.42 Å². The topological polar surface area (TPSA) is 58.2 Å². The van der Waals surface area contributed by atoms with Crippen LogP contribution in [0, 0.1) is 5.92 Å². The van der Waals surface area contributed by atoms with Gasteiger partial charge in [0.1, 0.15) is 0 Å². The second-order valence-corrected chi connectivity index (χ2v) is 5.89. The molecular formula is C11H18N2O2S. The highest BCUT2D eigenvalue weighted by atomic mass is 32.2. The Hall–Kier alpha value is -1.07. The Balaban J connectivity index is 2.76. The van der Waals surface area contributed by atoms with E-state index in [0.717, 1.165) is 12.2 Å². The van der Waals surface area contributed by atoms with Crippen LogP contribution in [-0.4, -0.2) is 22.0 Å². The van der Waals surface area contributed by atoms with Gasteiger partial charge in [-0.25, -0.2) is 13.1 Å². The Morgan fingerprint density at radius 3 is 2.19 bits per heavy atom. The van der Waals surface area contributed by atoms with Crippen molar-refractivity contribution in [1.29, 1.82) is 0 Å². The van der Waals surface area contributed by atoms with Crippen molar-refractivity contribution in [3.63, 3.8) is 0 Å². The molecule has 0 saturated carbocycles. The molecule has 0 spiro atoms. The van der Waals surface area contributed by atoms with Crippen LogP contribution in [0.2, 0.25) is 0 Å². The third-order valence-electron chi connectivity index (χ3n) is 2.15. The van der Waals surface area contributed by atoms with E-state index < -0.39 is 10.0 Å². The summed E-state index contributed by atoms with van der Waals surface area (Å²) in [5.41, 5.74) is 0.934. The molecule has 0 aliphatic rings. The first-order chi connectivity index (χ1) is 7.45. The average Bonchev–Trinajstić information content (AvgIpc) is 2.27. The molecule has 0 aliphatic heterocycles. The van der Waals surface area contributed by atoms with Gasteiger partial charge in [0.25, 0.3) is 0 Å². The molecule has 90 valence electrons. The van der Waals surface area contributed by atoms with Crippen LogP contribution in [0.15, 0.2) is 29.2 Å². The Labute approximate surface area is 97.1 Å². The standard InChI is InChI=1S/C11H18N2O2S/c1-9(2)8-13-10-4-6-11(7-5-10)16(14,15)12-3/h4-7,9,12-13H,8H2,1-3H3. The molecule has 2 N–H and O–H groups in total. The van der Waals surface area contributed by atoms with Gasteiger partial charge in [-0.15, -0.1) is 0 Å². The molecule has 16 heavy (non-hydrogen) atoms. The molecule has 0 atom stereocenters. The van der Waals surface area contributed by atoms with Crippen LogP contribution in [-0.2, 0) is 10.0 Å². The van der Waals surface area contributed by atoms with Crippen molar-refractivity contribution in [2.75, 3.05) is 18.9 Å². The van der Waals surface area contributed by atoms with Crippen LogP contribution >= 0.6 is 0 Å². The van der Waals surface area contributed by atoms with Crippen molar-refractivity contribution >= 4 is 15.7 Å². The minimum Gasteiger partial charge on any atom is -0.385 e. The van der Waals surface area contributed by atoms with E-state index in [0.29, 0.717) is 5.92 Å². The molecule has 0 saturated heterocycles. The predicted molar refractivity (Wildman–Crippen MR) is 66.0 cm³/mol. The van der Waals surface area contributed by atoms with Gasteiger partial charge in [0.15, 0.2) is 0 Å². The fourth-order valence-electron chi connectivity index (χ4n) is 1.19. The first-order valence-electron chi connectivity index (χ1n) is 5.23. The zero-order chi connectivity index (χ0) is 12.2. The van der Waals surface area contributed by atoms with Gasteiger partial charge >= 0.3 is 0 Å². The Bertz CT molecular complexity index is 424. The number of anilines is 1. The van der Waals surface area contributed by atoms with Crippen molar-refractivity contribution in [3.05, 3.63) is 24.3 Å². The Morgan fingerprint density at radius 1 is 1.19 bits per heavy atom. The lowest BCUT2D eigenvalue weighted by Crippen LogP contribution is -2.18. The van der Waals surface area contributed by atoms with Crippen LogP contribution < -0.4 is 10.0 Å². The fourth-order valence-corrected chi connectivity index (χ4v) is 1.92. The summed E-state index contributed by atoms with van der Waals surface area (Å²) >= 11 is 0. The lowest BCUT2D eigenvalue weighted by molar-refractivity contribution is 0.588. The van der Waals surface area contributed by atoms with E-state index in [1.807, 2.05) is 0 Å². The van der Waals surface area contributed by atoms with E-state index in [9.17, 15) is 8.42 Å². The van der Waals surface area contributed by atoms with Gasteiger partial charge < -0.3 is 5.32 Å². The number of sulfonamides is 1. The summed E-state index contributed by atoms with van der Waals surface area (Å²) in [4.78, 5) is 0.282. The molecule has 1 aromatic rings. The number of rotatable bonds is 5. The maximum atomic E-state index is 11.4. The summed E-state index contributed by atoms with van der Waals surface area (Å²) in [7, 11) is -1.92. The molecule has 0 aliphatic carbocycles. The van der Waals surface area contributed by atoms with Crippen molar-refractivity contribution in [3.8, 4) is 0 Å². The molecule has 0 heterocycles. The highest BCUT2D eigenvalue weighted by Gasteiger charge is 2.10. The molecule has 0 unspecified atom stereocenters. The molecule has 0 bridgehead atoms. The lowest BCUT2D eigenvalue weighted by Gasteiger charge is -2.09.